The van der Waals surface area contributed by atoms with Crippen molar-refractivity contribution in [1.29, 1.82) is 0 Å². The van der Waals surface area contributed by atoms with Crippen LogP contribution in [0.4, 0.5) is 5.82 Å². The van der Waals surface area contributed by atoms with Gasteiger partial charge in [-0.05, 0) is 31.2 Å². The van der Waals surface area contributed by atoms with Crippen molar-refractivity contribution in [3.63, 3.8) is 0 Å². The second-order valence-electron chi connectivity index (χ2n) is 4.49. The van der Waals surface area contributed by atoms with E-state index in [1.54, 1.807) is 6.07 Å². The molecule has 0 aliphatic heterocycles. The van der Waals surface area contributed by atoms with Gasteiger partial charge in [0.05, 0.1) is 16.7 Å². The normalized spacial score (nSPS) is 11.0. The predicted octanol–water partition coefficient (Wildman–Crippen LogP) is 2.62. The van der Waals surface area contributed by atoms with E-state index in [0.717, 1.165) is 23.6 Å². The number of para-hydroxylation sites is 2. The number of fused-ring (bicyclic) bond motifs is 1. The third-order valence-corrected chi connectivity index (χ3v) is 3.22. The molecule has 3 aromatic rings. The van der Waals surface area contributed by atoms with Crippen LogP contribution in [0.5, 0.6) is 0 Å². The van der Waals surface area contributed by atoms with E-state index in [4.69, 9.17) is 10.7 Å². The van der Waals surface area contributed by atoms with Crippen LogP contribution < -0.4 is 5.73 Å². The second kappa shape index (κ2) is 4.72. The van der Waals surface area contributed by atoms with Gasteiger partial charge in [-0.25, -0.2) is 9.97 Å². The molecule has 0 fully saturated rings. The molecule has 0 spiro atoms. The van der Waals surface area contributed by atoms with Crippen molar-refractivity contribution in [1.82, 2.24) is 14.5 Å². The molecule has 1 aromatic carbocycles. The van der Waals surface area contributed by atoms with Gasteiger partial charge in [0, 0.05) is 13.0 Å². The first kappa shape index (κ1) is 11.7. The maximum Gasteiger partial charge on any atom is 0.123 e. The molecule has 4 heteroatoms. The van der Waals surface area contributed by atoms with Gasteiger partial charge in [-0.1, -0.05) is 18.2 Å². The minimum absolute atomic E-state index is 0.552. The molecule has 4 nitrogen and oxygen atoms in total. The van der Waals surface area contributed by atoms with Gasteiger partial charge in [-0.3, -0.25) is 0 Å². The van der Waals surface area contributed by atoms with E-state index in [1.807, 2.05) is 30.3 Å². The smallest absolute Gasteiger partial charge is 0.123 e. The summed E-state index contributed by atoms with van der Waals surface area (Å²) in [5, 5.41) is 0. The molecule has 96 valence electrons. The number of anilines is 1. The average Bonchev–Trinajstić information content (AvgIpc) is 2.75. The Morgan fingerprint density at radius 3 is 2.68 bits per heavy atom. The van der Waals surface area contributed by atoms with E-state index in [9.17, 15) is 0 Å². The van der Waals surface area contributed by atoms with Gasteiger partial charge in [0.15, 0.2) is 0 Å². The Balaban J connectivity index is 2.05. The average molecular weight is 252 g/mol. The number of benzene rings is 1. The highest BCUT2D eigenvalue weighted by Crippen LogP contribution is 2.18. The minimum atomic E-state index is 0.552. The summed E-state index contributed by atoms with van der Waals surface area (Å²) in [6.07, 6.45) is 0.702. The van der Waals surface area contributed by atoms with Crippen LogP contribution in [0, 0.1) is 0 Å². The minimum Gasteiger partial charge on any atom is -0.384 e. The highest BCUT2D eigenvalue weighted by atomic mass is 15.1. The molecule has 0 bridgehead atoms. The Morgan fingerprint density at radius 1 is 1.05 bits per heavy atom. The summed E-state index contributed by atoms with van der Waals surface area (Å²) in [6.45, 7) is 3.03. The van der Waals surface area contributed by atoms with Crippen LogP contribution in [0.2, 0.25) is 0 Å². The number of pyridine rings is 1. The van der Waals surface area contributed by atoms with Crippen LogP contribution in [0.15, 0.2) is 42.5 Å². The van der Waals surface area contributed by atoms with Crippen molar-refractivity contribution >= 4 is 16.9 Å². The Morgan fingerprint density at radius 2 is 1.89 bits per heavy atom. The molecular weight excluding hydrogens is 236 g/mol. The molecular formula is C15H16N4. The first-order valence-corrected chi connectivity index (χ1v) is 6.43. The lowest BCUT2D eigenvalue weighted by Gasteiger charge is -2.06. The number of nitrogen functional groups attached to an aromatic ring is 1. The Kier molecular flexibility index (Phi) is 2.91. The monoisotopic (exact) mass is 252 g/mol. The number of nitrogens with zero attached hydrogens (tertiary/aromatic N) is 3. The van der Waals surface area contributed by atoms with Gasteiger partial charge in [-0.2, -0.15) is 0 Å². The van der Waals surface area contributed by atoms with Crippen molar-refractivity contribution in [2.75, 3.05) is 5.73 Å². The summed E-state index contributed by atoms with van der Waals surface area (Å²) in [5.41, 5.74) is 8.87. The summed E-state index contributed by atoms with van der Waals surface area (Å²) >= 11 is 0. The molecule has 0 amide bonds. The van der Waals surface area contributed by atoms with Gasteiger partial charge in [0.1, 0.15) is 11.6 Å². The van der Waals surface area contributed by atoms with E-state index in [-0.39, 0.29) is 0 Å². The van der Waals surface area contributed by atoms with Crippen LogP contribution in [0.3, 0.4) is 0 Å². The molecule has 19 heavy (non-hydrogen) atoms. The zero-order valence-electron chi connectivity index (χ0n) is 10.9. The van der Waals surface area contributed by atoms with Gasteiger partial charge in [-0.15, -0.1) is 0 Å². The lowest BCUT2D eigenvalue weighted by molar-refractivity contribution is 0.729. The molecule has 0 unspecified atom stereocenters. The summed E-state index contributed by atoms with van der Waals surface area (Å²) in [5.74, 6) is 1.58. The van der Waals surface area contributed by atoms with Gasteiger partial charge >= 0.3 is 0 Å². The van der Waals surface area contributed by atoms with Crippen LogP contribution in [-0.2, 0) is 13.0 Å². The summed E-state index contributed by atoms with van der Waals surface area (Å²) in [6, 6.07) is 13.9. The molecule has 2 aromatic heterocycles. The van der Waals surface area contributed by atoms with Gasteiger partial charge < -0.3 is 10.3 Å². The lowest BCUT2D eigenvalue weighted by atomic mass is 10.2. The molecule has 0 saturated carbocycles. The van der Waals surface area contributed by atoms with Crippen molar-refractivity contribution in [3.8, 4) is 0 Å². The zero-order chi connectivity index (χ0) is 13.2. The zero-order valence-corrected chi connectivity index (χ0v) is 10.9. The fourth-order valence-corrected chi connectivity index (χ4v) is 2.37. The topological polar surface area (TPSA) is 56.7 Å². The van der Waals surface area contributed by atoms with Crippen LogP contribution >= 0.6 is 0 Å². The fourth-order valence-electron chi connectivity index (χ4n) is 2.37. The molecule has 2 N–H and O–H groups in total. The first-order chi connectivity index (χ1) is 9.28. The molecule has 2 heterocycles. The van der Waals surface area contributed by atoms with E-state index in [2.05, 4.69) is 22.5 Å². The third-order valence-electron chi connectivity index (χ3n) is 3.22. The Labute approximate surface area is 111 Å². The predicted molar refractivity (Wildman–Crippen MR) is 76.9 cm³/mol. The second-order valence-corrected chi connectivity index (χ2v) is 4.49. The number of aromatic nitrogens is 3. The van der Waals surface area contributed by atoms with E-state index in [0.29, 0.717) is 12.2 Å². The highest BCUT2D eigenvalue weighted by Gasteiger charge is 2.10. The maximum absolute atomic E-state index is 5.72. The molecule has 0 atom stereocenters. The Hall–Kier alpha value is -2.36. The summed E-state index contributed by atoms with van der Waals surface area (Å²) in [4.78, 5) is 9.03. The van der Waals surface area contributed by atoms with E-state index >= 15 is 0 Å². The fraction of sp³-hybridized carbons (Fsp3) is 0.200. The first-order valence-electron chi connectivity index (χ1n) is 6.43. The molecule has 0 aliphatic carbocycles. The largest absolute Gasteiger partial charge is 0.384 e. The number of hydrogen-bond acceptors (Lipinski definition) is 3. The Bertz CT molecular complexity index is 715. The van der Waals surface area contributed by atoms with Crippen LogP contribution in [0.25, 0.3) is 11.0 Å². The highest BCUT2D eigenvalue weighted by molar-refractivity contribution is 5.75. The molecule has 0 saturated heterocycles. The van der Waals surface area contributed by atoms with Crippen molar-refractivity contribution < 1.29 is 0 Å². The van der Waals surface area contributed by atoms with Gasteiger partial charge in [0.25, 0.3) is 0 Å². The molecule has 0 radical (unpaired) electrons. The summed E-state index contributed by atoms with van der Waals surface area (Å²) in [7, 11) is 0. The van der Waals surface area contributed by atoms with Crippen molar-refractivity contribution in [3.05, 3.63) is 54.0 Å². The summed E-state index contributed by atoms with van der Waals surface area (Å²) < 4.78 is 2.22. The SMILES string of the molecule is CCn1c(Cc2cccc(N)n2)nc2ccccc21. The van der Waals surface area contributed by atoms with Crippen molar-refractivity contribution in [2.45, 2.75) is 19.9 Å². The van der Waals surface area contributed by atoms with Crippen LogP contribution in [-0.4, -0.2) is 14.5 Å². The van der Waals surface area contributed by atoms with Crippen LogP contribution in [0.1, 0.15) is 18.4 Å². The molecule has 0 aliphatic rings. The number of rotatable bonds is 3. The molecule has 3 rings (SSSR count). The third kappa shape index (κ3) is 2.17. The number of imidazole rings is 1. The number of aryl methyl sites for hydroxylation is 1. The lowest BCUT2D eigenvalue weighted by Crippen LogP contribution is -2.04. The quantitative estimate of drug-likeness (QED) is 0.779. The van der Waals surface area contributed by atoms with E-state index in [1.165, 1.54) is 5.52 Å². The number of nitrogens with two attached hydrogens (primary N) is 1. The standard InChI is InChI=1S/C15H16N4/c1-2-19-13-8-4-3-7-12(13)18-15(19)10-11-6-5-9-14(16)17-11/h3-9H,2,10H2,1H3,(H2,16,17). The van der Waals surface area contributed by atoms with E-state index < -0.39 is 0 Å². The maximum atomic E-state index is 5.72. The number of hydrogen-bond donors (Lipinski definition) is 1. The van der Waals surface area contributed by atoms with Crippen molar-refractivity contribution in [2.24, 2.45) is 0 Å². The van der Waals surface area contributed by atoms with Gasteiger partial charge in [0.2, 0.25) is 0 Å².